The number of hydrogen-bond donors (Lipinski definition) is 2. The molecule has 0 aliphatic heterocycles. The van der Waals surface area contributed by atoms with Crippen LogP contribution in [0, 0.1) is 18.6 Å². The lowest BCUT2D eigenvalue weighted by atomic mass is 10.1. The topological polar surface area (TPSA) is 130 Å². The van der Waals surface area contributed by atoms with Crippen molar-refractivity contribution >= 4 is 23.4 Å². The fourth-order valence-corrected chi connectivity index (χ4v) is 6.16. The maximum absolute atomic E-state index is 13.7. The summed E-state index contributed by atoms with van der Waals surface area (Å²) in [6, 6.07) is 28.2. The molecule has 62 heavy (non-hydrogen) atoms. The predicted octanol–water partition coefficient (Wildman–Crippen LogP) is 7.93. The third-order valence-electron chi connectivity index (χ3n) is 9.23. The zero-order chi connectivity index (χ0) is 44.8. The van der Waals surface area contributed by atoms with Crippen molar-refractivity contribution in [3.63, 3.8) is 0 Å². The number of para-hydroxylation sites is 1. The maximum Gasteiger partial charge on any atom is 0.433 e. The normalized spacial score (nSPS) is 12.1. The molecule has 0 radical (unpaired) electrons. The van der Waals surface area contributed by atoms with Crippen molar-refractivity contribution in [3.05, 3.63) is 178 Å². The van der Waals surface area contributed by atoms with E-state index in [-0.39, 0.29) is 56.6 Å². The molecule has 326 valence electrons. The summed E-state index contributed by atoms with van der Waals surface area (Å²) in [7, 11) is 1.69. The number of aliphatic hydroxyl groups is 2. The van der Waals surface area contributed by atoms with Gasteiger partial charge in [-0.05, 0) is 66.1 Å². The lowest BCUT2D eigenvalue weighted by Gasteiger charge is -2.26. The summed E-state index contributed by atoms with van der Waals surface area (Å²) in [6.07, 6.45) is -2.90. The van der Waals surface area contributed by atoms with E-state index in [1.165, 1.54) is 22.3 Å². The van der Waals surface area contributed by atoms with E-state index in [0.29, 0.717) is 28.1 Å². The Bertz CT molecular complexity index is 2390. The van der Waals surface area contributed by atoms with E-state index in [1.54, 1.807) is 60.1 Å². The van der Waals surface area contributed by atoms with Gasteiger partial charge >= 0.3 is 6.18 Å². The van der Waals surface area contributed by atoms with Crippen LogP contribution in [0.2, 0.25) is 5.02 Å². The SMILES string of the molecule is Cc1ccccc1CN(CC(O)COc1ccccc1)C(=O)c1ccc(C(F)(F)F)nc1.Cn1cncc1C(=O)N(Cc1ccccc1Cl)CC(O)COc1ccc(F)cc1F. The summed E-state index contributed by atoms with van der Waals surface area (Å²) in [5.74, 6) is -2.11. The largest absolute Gasteiger partial charge is 0.491 e. The number of amides is 2. The van der Waals surface area contributed by atoms with Crippen LogP contribution in [-0.4, -0.2) is 84.9 Å². The third-order valence-corrected chi connectivity index (χ3v) is 9.59. The number of pyridine rings is 1. The average molecular weight is 880 g/mol. The Morgan fingerprint density at radius 3 is 1.98 bits per heavy atom. The Morgan fingerprint density at radius 1 is 0.774 bits per heavy atom. The molecule has 6 rings (SSSR count). The van der Waals surface area contributed by atoms with Gasteiger partial charge in [0.15, 0.2) is 11.6 Å². The van der Waals surface area contributed by atoms with Crippen molar-refractivity contribution in [1.82, 2.24) is 24.3 Å². The number of benzene rings is 4. The van der Waals surface area contributed by atoms with Crippen LogP contribution < -0.4 is 9.47 Å². The number of nitrogens with zero attached hydrogens (tertiary/aromatic N) is 5. The summed E-state index contributed by atoms with van der Waals surface area (Å²) >= 11 is 6.22. The van der Waals surface area contributed by atoms with Crippen molar-refractivity contribution in [2.45, 2.75) is 38.4 Å². The molecule has 0 fully saturated rings. The monoisotopic (exact) mass is 879 g/mol. The molecule has 2 amide bonds. The van der Waals surface area contributed by atoms with Gasteiger partial charge in [0, 0.05) is 37.4 Å². The minimum atomic E-state index is -4.59. The van der Waals surface area contributed by atoms with Crippen molar-refractivity contribution in [2.75, 3.05) is 26.3 Å². The molecule has 2 unspecified atom stereocenters. The zero-order valence-electron chi connectivity index (χ0n) is 33.6. The molecule has 2 heterocycles. The molecule has 2 N–H and O–H groups in total. The highest BCUT2D eigenvalue weighted by Crippen LogP contribution is 2.28. The highest BCUT2D eigenvalue weighted by Gasteiger charge is 2.33. The van der Waals surface area contributed by atoms with Crippen LogP contribution in [0.4, 0.5) is 22.0 Å². The first-order chi connectivity index (χ1) is 29.6. The maximum atomic E-state index is 13.7. The van der Waals surface area contributed by atoms with Crippen LogP contribution in [0.15, 0.2) is 128 Å². The van der Waals surface area contributed by atoms with E-state index < -0.39 is 41.6 Å². The molecular formula is C45H43ClF5N5O6. The van der Waals surface area contributed by atoms with Crippen LogP contribution in [0.1, 0.15) is 43.2 Å². The van der Waals surface area contributed by atoms with Gasteiger partial charge in [0.2, 0.25) is 0 Å². The molecule has 6 aromatic rings. The predicted molar refractivity (Wildman–Crippen MR) is 220 cm³/mol. The van der Waals surface area contributed by atoms with Gasteiger partial charge in [0.05, 0.1) is 31.2 Å². The molecule has 2 atom stereocenters. The fraction of sp³-hybridized carbons (Fsp3) is 0.244. The summed E-state index contributed by atoms with van der Waals surface area (Å²) in [6.45, 7) is 1.71. The minimum Gasteiger partial charge on any atom is -0.491 e. The van der Waals surface area contributed by atoms with Crippen LogP contribution in [0.5, 0.6) is 11.5 Å². The Balaban J connectivity index is 0.000000235. The highest BCUT2D eigenvalue weighted by atomic mass is 35.5. The molecular weight excluding hydrogens is 837 g/mol. The second kappa shape index (κ2) is 21.9. The van der Waals surface area contributed by atoms with Crippen molar-refractivity contribution in [3.8, 4) is 11.5 Å². The minimum absolute atomic E-state index is 0.00256. The molecule has 0 saturated carbocycles. The zero-order valence-corrected chi connectivity index (χ0v) is 34.3. The van der Waals surface area contributed by atoms with E-state index in [4.69, 9.17) is 21.1 Å². The number of aromatic nitrogens is 3. The Kier molecular flexibility index (Phi) is 16.5. The number of aliphatic hydroxyl groups excluding tert-OH is 2. The smallest absolute Gasteiger partial charge is 0.433 e. The Labute approximate surface area is 359 Å². The number of aryl methyl sites for hydroxylation is 2. The standard InChI is InChI=1S/C24H23F3N2O3.C21H20ClF2N3O3/c1-17-7-5-6-8-19(17)14-29(15-20(30)16-32-21-9-3-2-4-10-21)23(31)18-11-12-22(28-13-18)24(25,26)27;1-26-13-25-9-19(26)21(29)27(10-14-4-2-3-5-17(14)22)11-16(28)12-30-20-7-6-15(23)8-18(20)24/h2-13,20,30H,14-16H2,1H3;2-9,13,16,28H,10-12H2,1H3. The van der Waals surface area contributed by atoms with Crippen LogP contribution in [0.25, 0.3) is 0 Å². The molecule has 4 aromatic carbocycles. The van der Waals surface area contributed by atoms with E-state index in [9.17, 15) is 41.8 Å². The van der Waals surface area contributed by atoms with E-state index in [0.717, 1.165) is 41.6 Å². The van der Waals surface area contributed by atoms with Crippen LogP contribution in [0.3, 0.4) is 0 Å². The van der Waals surface area contributed by atoms with E-state index in [2.05, 4.69) is 9.97 Å². The first kappa shape index (κ1) is 46.7. The van der Waals surface area contributed by atoms with Crippen molar-refractivity contribution < 1.29 is 51.2 Å². The summed E-state index contributed by atoms with van der Waals surface area (Å²) in [5, 5.41) is 21.4. The number of carbonyl (C=O) groups is 2. The first-order valence-corrected chi connectivity index (χ1v) is 19.4. The lowest BCUT2D eigenvalue weighted by Crippen LogP contribution is -2.40. The van der Waals surface area contributed by atoms with Gasteiger partial charge in [-0.2, -0.15) is 13.2 Å². The van der Waals surface area contributed by atoms with Gasteiger partial charge in [-0.3, -0.25) is 14.6 Å². The average Bonchev–Trinajstić information content (AvgIpc) is 3.69. The number of rotatable bonds is 16. The first-order valence-electron chi connectivity index (χ1n) is 19.1. The van der Waals surface area contributed by atoms with Gasteiger partial charge < -0.3 is 34.1 Å². The van der Waals surface area contributed by atoms with Gasteiger partial charge in [-0.1, -0.05) is 72.3 Å². The number of ether oxygens (including phenoxy) is 2. The van der Waals surface area contributed by atoms with Gasteiger partial charge in [-0.25, -0.2) is 13.8 Å². The highest BCUT2D eigenvalue weighted by molar-refractivity contribution is 6.31. The molecule has 0 aliphatic carbocycles. The van der Waals surface area contributed by atoms with Crippen LogP contribution in [-0.2, 0) is 26.3 Å². The summed E-state index contributed by atoms with van der Waals surface area (Å²) < 4.78 is 77.5. The van der Waals surface area contributed by atoms with Gasteiger partial charge in [-0.15, -0.1) is 0 Å². The van der Waals surface area contributed by atoms with E-state index >= 15 is 0 Å². The molecule has 0 saturated heterocycles. The number of hydrogen-bond acceptors (Lipinski definition) is 8. The Morgan fingerprint density at radius 2 is 1.39 bits per heavy atom. The number of imidazole rings is 1. The van der Waals surface area contributed by atoms with Crippen LogP contribution >= 0.6 is 11.6 Å². The fourth-order valence-electron chi connectivity index (χ4n) is 5.96. The molecule has 2 aromatic heterocycles. The van der Waals surface area contributed by atoms with Crippen molar-refractivity contribution in [1.29, 1.82) is 0 Å². The Hall–Kier alpha value is -6.36. The van der Waals surface area contributed by atoms with E-state index in [1.807, 2.05) is 37.3 Å². The quantitative estimate of drug-likeness (QED) is 0.0939. The summed E-state index contributed by atoms with van der Waals surface area (Å²) in [4.78, 5) is 36.2. The van der Waals surface area contributed by atoms with Gasteiger partial charge in [0.25, 0.3) is 11.8 Å². The lowest BCUT2D eigenvalue weighted by molar-refractivity contribution is -0.141. The summed E-state index contributed by atoms with van der Waals surface area (Å²) in [5.41, 5.74) is 1.77. The number of halogens is 6. The molecule has 11 nitrogen and oxygen atoms in total. The third kappa shape index (κ3) is 13.6. The second-order valence-corrected chi connectivity index (χ2v) is 14.4. The van der Waals surface area contributed by atoms with Crippen molar-refractivity contribution in [2.24, 2.45) is 7.05 Å². The molecule has 0 bridgehead atoms. The second-order valence-electron chi connectivity index (χ2n) is 14.0. The number of carbonyl (C=O) groups excluding carboxylic acids is 2. The van der Waals surface area contributed by atoms with Gasteiger partial charge in [0.1, 0.15) is 48.4 Å². The molecule has 17 heteroatoms. The molecule has 0 spiro atoms. The number of alkyl halides is 3. The molecule has 0 aliphatic rings.